The van der Waals surface area contributed by atoms with Crippen LogP contribution < -0.4 is 13.9 Å². The number of aromatic nitrogens is 3. The van der Waals surface area contributed by atoms with E-state index in [1.807, 2.05) is 4.90 Å². The average Bonchev–Trinajstić information content (AvgIpc) is 3.58. The molecule has 4 heterocycles. The standard InChI is InChI=1S/C36H41BrF6N4O3Si/c1-19(2)51(20(3)4,21(5)6)50-24-12-22-8-9-27(39)29(37)28(22)25(13-24)31-30(40)32-26(15-44-31)33(48-18-36(41,42)43)46-34(45-32)49-17-35-10-7-11-47(35)16-23(38)14-35/h8-9,12-13,15,19-21,23H,7,10-11,14,16-18H2,1-6H3/t23-,35+/m1/s1. The fourth-order valence-corrected chi connectivity index (χ4v) is 14.2. The molecule has 4 aromatic rings. The Balaban J connectivity index is 1.51. The van der Waals surface area contributed by atoms with Gasteiger partial charge in [-0.1, -0.05) is 47.6 Å². The SMILES string of the molecule is CC(C)[Si](Oc1cc(-c2ncc3c(OCC(F)(F)F)nc(OC[C@@]45CCCN4C[C@H](F)C5)nc3c2F)c2c(Br)c(F)ccc2c1)(C(C)C)C(C)C. The van der Waals surface area contributed by atoms with Gasteiger partial charge in [0.05, 0.1) is 15.4 Å². The van der Waals surface area contributed by atoms with Crippen molar-refractivity contribution < 1.29 is 40.2 Å². The van der Waals surface area contributed by atoms with Crippen LogP contribution in [0.25, 0.3) is 32.9 Å². The maximum atomic E-state index is 16.9. The summed E-state index contributed by atoms with van der Waals surface area (Å²) in [6.07, 6.45) is -2.91. The normalized spacial score (nSPS) is 20.0. The van der Waals surface area contributed by atoms with Gasteiger partial charge in [-0.2, -0.15) is 23.1 Å². The van der Waals surface area contributed by atoms with Crippen molar-refractivity contribution in [1.82, 2.24) is 19.9 Å². The van der Waals surface area contributed by atoms with Gasteiger partial charge < -0.3 is 13.9 Å². The lowest BCUT2D eigenvalue weighted by molar-refractivity contribution is -0.153. The van der Waals surface area contributed by atoms with Crippen LogP contribution in [0.15, 0.2) is 34.9 Å². The second-order valence-electron chi connectivity index (χ2n) is 14.6. The predicted molar refractivity (Wildman–Crippen MR) is 190 cm³/mol. The lowest BCUT2D eigenvalue weighted by Gasteiger charge is -2.42. The van der Waals surface area contributed by atoms with Gasteiger partial charge in [-0.3, -0.25) is 9.88 Å². The van der Waals surface area contributed by atoms with E-state index in [-0.39, 0.29) is 57.3 Å². The number of benzene rings is 2. The molecule has 276 valence electrons. The number of hydrogen-bond acceptors (Lipinski definition) is 7. The number of ether oxygens (including phenoxy) is 2. The van der Waals surface area contributed by atoms with Crippen molar-refractivity contribution in [2.75, 3.05) is 26.3 Å². The van der Waals surface area contributed by atoms with Crippen LogP contribution in [0.3, 0.4) is 0 Å². The van der Waals surface area contributed by atoms with Crippen LogP contribution in [0.5, 0.6) is 17.6 Å². The molecule has 0 radical (unpaired) electrons. The molecule has 0 N–H and O–H groups in total. The highest BCUT2D eigenvalue weighted by molar-refractivity contribution is 9.10. The molecule has 0 bridgehead atoms. The van der Waals surface area contributed by atoms with Crippen LogP contribution in [0.1, 0.15) is 60.8 Å². The summed E-state index contributed by atoms with van der Waals surface area (Å²) in [5.41, 5.74) is -0.428. The van der Waals surface area contributed by atoms with Crippen LogP contribution in [0.4, 0.5) is 26.3 Å². The molecule has 2 aliphatic rings. The monoisotopic (exact) mass is 798 g/mol. The zero-order valence-electron chi connectivity index (χ0n) is 29.3. The van der Waals surface area contributed by atoms with Gasteiger partial charge in [0.25, 0.3) is 8.32 Å². The van der Waals surface area contributed by atoms with Crippen LogP contribution in [-0.2, 0) is 0 Å². The summed E-state index contributed by atoms with van der Waals surface area (Å²) in [6.45, 7) is 12.0. The highest BCUT2D eigenvalue weighted by Gasteiger charge is 2.50. The maximum absolute atomic E-state index is 16.9. The highest BCUT2D eigenvalue weighted by Crippen LogP contribution is 2.46. The minimum Gasteiger partial charge on any atom is -0.543 e. The molecule has 2 aliphatic heterocycles. The molecular weight excluding hydrogens is 758 g/mol. The molecule has 2 aromatic heterocycles. The van der Waals surface area contributed by atoms with Crippen molar-refractivity contribution in [1.29, 1.82) is 0 Å². The quantitative estimate of drug-likeness (QED) is 0.111. The fraction of sp³-hybridized carbons (Fsp3) is 0.528. The molecule has 0 saturated carbocycles. The third kappa shape index (κ3) is 7.01. The topological polar surface area (TPSA) is 69.6 Å². The molecule has 15 heteroatoms. The smallest absolute Gasteiger partial charge is 0.422 e. The first-order chi connectivity index (χ1) is 24.0. The molecule has 0 aliphatic carbocycles. The molecule has 0 amide bonds. The van der Waals surface area contributed by atoms with E-state index in [9.17, 15) is 17.6 Å². The first-order valence-electron chi connectivity index (χ1n) is 17.1. The second kappa shape index (κ2) is 14.0. The Bertz CT molecular complexity index is 1930. The number of pyridine rings is 1. The largest absolute Gasteiger partial charge is 0.543 e. The summed E-state index contributed by atoms with van der Waals surface area (Å²) < 4.78 is 104. The summed E-state index contributed by atoms with van der Waals surface area (Å²) >= 11 is 3.34. The summed E-state index contributed by atoms with van der Waals surface area (Å²) in [6, 6.07) is 5.87. The summed E-state index contributed by atoms with van der Waals surface area (Å²) in [5.74, 6) is -1.70. The van der Waals surface area contributed by atoms with E-state index in [1.165, 1.54) is 6.07 Å². The van der Waals surface area contributed by atoms with E-state index in [0.29, 0.717) is 29.5 Å². The summed E-state index contributed by atoms with van der Waals surface area (Å²) in [5, 5.41) is 0.659. The second-order valence-corrected chi connectivity index (χ2v) is 20.8. The van der Waals surface area contributed by atoms with Crippen LogP contribution in [-0.4, -0.2) is 72.4 Å². The molecule has 7 nitrogen and oxygen atoms in total. The third-order valence-corrected chi connectivity index (χ3v) is 17.2. The molecule has 0 unspecified atom stereocenters. The minimum atomic E-state index is -4.72. The molecule has 51 heavy (non-hydrogen) atoms. The van der Waals surface area contributed by atoms with Crippen molar-refractivity contribution >= 4 is 45.9 Å². The third-order valence-electron chi connectivity index (χ3n) is 10.5. The molecule has 6 rings (SSSR count). The Labute approximate surface area is 302 Å². The van der Waals surface area contributed by atoms with E-state index < -0.39 is 61.9 Å². The van der Waals surface area contributed by atoms with Crippen molar-refractivity contribution in [2.24, 2.45) is 0 Å². The zero-order chi connectivity index (χ0) is 37.0. The molecule has 2 atom stereocenters. The van der Waals surface area contributed by atoms with E-state index in [4.69, 9.17) is 13.9 Å². The van der Waals surface area contributed by atoms with Crippen molar-refractivity contribution in [3.63, 3.8) is 0 Å². The van der Waals surface area contributed by atoms with Crippen molar-refractivity contribution in [3.05, 3.63) is 46.6 Å². The van der Waals surface area contributed by atoms with Crippen LogP contribution >= 0.6 is 15.9 Å². The van der Waals surface area contributed by atoms with Gasteiger partial charge in [-0.15, -0.1) is 0 Å². The van der Waals surface area contributed by atoms with Gasteiger partial charge in [0.15, 0.2) is 12.4 Å². The number of fused-ring (bicyclic) bond motifs is 3. The molecular formula is C36H41BrF6N4O3Si. The maximum Gasteiger partial charge on any atom is 0.422 e. The van der Waals surface area contributed by atoms with Crippen molar-refractivity contribution in [3.8, 4) is 28.9 Å². The Morgan fingerprint density at radius 1 is 1.02 bits per heavy atom. The number of halogens is 7. The first kappa shape index (κ1) is 37.6. The van der Waals surface area contributed by atoms with Crippen LogP contribution in [0.2, 0.25) is 16.6 Å². The Morgan fingerprint density at radius 2 is 1.73 bits per heavy atom. The van der Waals surface area contributed by atoms with Gasteiger partial charge in [0.1, 0.15) is 35.6 Å². The van der Waals surface area contributed by atoms with Crippen LogP contribution in [0, 0.1) is 11.6 Å². The number of nitrogens with zero attached hydrogens (tertiary/aromatic N) is 4. The van der Waals surface area contributed by atoms with E-state index in [0.717, 1.165) is 12.6 Å². The molecule has 2 fully saturated rings. The minimum absolute atomic E-state index is 0.0410. The highest BCUT2D eigenvalue weighted by atomic mass is 79.9. The van der Waals surface area contributed by atoms with E-state index in [1.54, 1.807) is 18.2 Å². The van der Waals surface area contributed by atoms with Gasteiger partial charge in [-0.25, -0.2) is 13.2 Å². The summed E-state index contributed by atoms with van der Waals surface area (Å²) in [4.78, 5) is 14.7. The molecule has 2 aromatic carbocycles. The number of hydrogen-bond donors (Lipinski definition) is 0. The van der Waals surface area contributed by atoms with Gasteiger partial charge in [0.2, 0.25) is 5.88 Å². The number of rotatable bonds is 11. The van der Waals surface area contributed by atoms with E-state index in [2.05, 4.69) is 72.4 Å². The predicted octanol–water partition coefficient (Wildman–Crippen LogP) is 10.3. The Kier molecular flexibility index (Phi) is 10.3. The average molecular weight is 800 g/mol. The fourth-order valence-electron chi connectivity index (χ4n) is 8.34. The summed E-state index contributed by atoms with van der Waals surface area (Å²) in [7, 11) is -2.51. The lowest BCUT2D eigenvalue weighted by atomic mass is 9.95. The van der Waals surface area contributed by atoms with E-state index >= 15 is 8.78 Å². The van der Waals surface area contributed by atoms with Gasteiger partial charge in [0, 0.05) is 30.1 Å². The first-order valence-corrected chi connectivity index (χ1v) is 20.1. The van der Waals surface area contributed by atoms with Crippen molar-refractivity contribution in [2.45, 2.75) is 95.3 Å². The van der Waals surface area contributed by atoms with Gasteiger partial charge >= 0.3 is 12.2 Å². The lowest BCUT2D eigenvalue weighted by Crippen LogP contribution is -2.50. The number of alkyl halides is 4. The van der Waals surface area contributed by atoms with Gasteiger partial charge in [-0.05, 0) is 75.5 Å². The molecule has 2 saturated heterocycles. The zero-order valence-corrected chi connectivity index (χ0v) is 31.9. The molecule has 0 spiro atoms. The Hall–Kier alpha value is -3.17. The Morgan fingerprint density at radius 3 is 2.39 bits per heavy atom.